The van der Waals surface area contributed by atoms with Crippen molar-refractivity contribution in [3.8, 4) is 11.5 Å². The highest BCUT2D eigenvalue weighted by Crippen LogP contribution is 2.43. The van der Waals surface area contributed by atoms with Gasteiger partial charge < -0.3 is 15.2 Å². The first-order chi connectivity index (χ1) is 9.51. The third-order valence-corrected chi connectivity index (χ3v) is 3.36. The second kappa shape index (κ2) is 4.82. The van der Waals surface area contributed by atoms with Crippen LogP contribution in [0.15, 0.2) is 18.2 Å². The molecule has 7 heteroatoms. The number of alkyl halides is 3. The lowest BCUT2D eigenvalue weighted by atomic mass is 9.86. The molecule has 1 aliphatic heterocycles. The number of fused-ring (bicyclic) bond motifs is 1. The summed E-state index contributed by atoms with van der Waals surface area (Å²) in [6.45, 7) is 4.29. The Kier molecular flexibility index (Phi) is 3.55. The van der Waals surface area contributed by atoms with E-state index in [1.54, 1.807) is 13.8 Å². The lowest BCUT2D eigenvalue weighted by Gasteiger charge is -2.24. The summed E-state index contributed by atoms with van der Waals surface area (Å²) >= 11 is 0. The summed E-state index contributed by atoms with van der Waals surface area (Å²) in [4.78, 5) is 11.5. The highest BCUT2D eigenvalue weighted by atomic mass is 19.4. The van der Waals surface area contributed by atoms with Crippen molar-refractivity contribution in [2.24, 2.45) is 11.7 Å². The molecular formula is C14H16F3NO3. The minimum absolute atomic E-state index is 0.160. The topological polar surface area (TPSA) is 61.6 Å². The Morgan fingerprint density at radius 2 is 1.81 bits per heavy atom. The van der Waals surface area contributed by atoms with E-state index >= 15 is 0 Å². The Hall–Kier alpha value is -1.92. The van der Waals surface area contributed by atoms with Gasteiger partial charge in [0.05, 0.1) is 11.8 Å². The number of nitrogens with two attached hydrogens (primary N) is 1. The molecule has 0 radical (unpaired) electrons. The lowest BCUT2D eigenvalue weighted by Crippen LogP contribution is -2.34. The van der Waals surface area contributed by atoms with Crippen LogP contribution in [0.3, 0.4) is 0 Å². The van der Waals surface area contributed by atoms with E-state index in [0.29, 0.717) is 11.5 Å². The maximum Gasteiger partial charge on any atom is 0.392 e. The molecule has 0 unspecified atom stereocenters. The second-order valence-corrected chi connectivity index (χ2v) is 5.52. The molecule has 1 aliphatic rings. The van der Waals surface area contributed by atoms with Crippen molar-refractivity contribution >= 4 is 5.91 Å². The fourth-order valence-corrected chi connectivity index (χ4v) is 2.32. The molecule has 0 saturated carbocycles. The molecule has 2 N–H and O–H groups in total. The van der Waals surface area contributed by atoms with E-state index in [2.05, 4.69) is 0 Å². The van der Waals surface area contributed by atoms with Gasteiger partial charge in [0.2, 0.25) is 11.7 Å². The zero-order chi connectivity index (χ0) is 16.0. The van der Waals surface area contributed by atoms with Gasteiger partial charge in [-0.15, -0.1) is 0 Å². The van der Waals surface area contributed by atoms with E-state index in [1.165, 1.54) is 18.2 Å². The molecule has 0 aliphatic carbocycles. The number of hydrogen-bond donors (Lipinski definition) is 1. The number of carbonyl (C=O) groups is 1. The molecule has 2 rings (SSSR count). The maximum atomic E-state index is 12.9. The smallest absolute Gasteiger partial charge is 0.392 e. The Bertz CT molecular complexity index is 569. The molecule has 116 valence electrons. The van der Waals surface area contributed by atoms with E-state index in [-0.39, 0.29) is 5.56 Å². The molecule has 21 heavy (non-hydrogen) atoms. The fourth-order valence-electron chi connectivity index (χ4n) is 2.32. The highest BCUT2D eigenvalue weighted by molar-refractivity contribution is 5.82. The third kappa shape index (κ3) is 3.06. The first kappa shape index (κ1) is 15.5. The SMILES string of the molecule is C[C@H]([C@H](C(N)=O)c1ccc2c(c1)OC(C)(C)O2)C(F)(F)F. The van der Waals surface area contributed by atoms with Crippen LogP contribution in [0.2, 0.25) is 0 Å². The molecule has 4 nitrogen and oxygen atoms in total. The maximum absolute atomic E-state index is 12.9. The Labute approximate surface area is 120 Å². The van der Waals surface area contributed by atoms with Crippen LogP contribution in [0.25, 0.3) is 0 Å². The van der Waals surface area contributed by atoms with E-state index in [4.69, 9.17) is 15.2 Å². The number of carbonyl (C=O) groups excluding carboxylic acids is 1. The molecule has 1 amide bonds. The quantitative estimate of drug-likeness (QED) is 0.934. The number of benzene rings is 1. The first-order valence-corrected chi connectivity index (χ1v) is 6.39. The normalized spacial score (nSPS) is 19.1. The van der Waals surface area contributed by atoms with Gasteiger partial charge in [0.15, 0.2) is 11.5 Å². The molecule has 1 aromatic carbocycles. The standard InChI is InChI=1S/C14H16F3NO3/c1-7(14(15,16)17)11(12(18)19)8-4-5-9-10(6-8)21-13(2,3)20-9/h4-7,11H,1-3H3,(H2,18,19)/t7-,11+/m1/s1. The van der Waals surface area contributed by atoms with E-state index in [0.717, 1.165) is 6.92 Å². The largest absolute Gasteiger partial charge is 0.449 e. The zero-order valence-corrected chi connectivity index (χ0v) is 11.8. The minimum Gasteiger partial charge on any atom is -0.449 e. The van der Waals surface area contributed by atoms with E-state index in [9.17, 15) is 18.0 Å². The summed E-state index contributed by atoms with van der Waals surface area (Å²) < 4.78 is 49.6. The average molecular weight is 303 g/mol. The summed E-state index contributed by atoms with van der Waals surface area (Å²) in [6, 6.07) is 4.27. The molecule has 0 saturated heterocycles. The van der Waals surface area contributed by atoms with Crippen LogP contribution >= 0.6 is 0 Å². The zero-order valence-electron chi connectivity index (χ0n) is 11.8. The average Bonchev–Trinajstić information content (AvgIpc) is 2.60. The summed E-state index contributed by atoms with van der Waals surface area (Å²) in [5, 5.41) is 0. The molecule has 1 aromatic rings. The molecule has 0 bridgehead atoms. The van der Waals surface area contributed by atoms with Gasteiger partial charge in [-0.1, -0.05) is 13.0 Å². The highest BCUT2D eigenvalue weighted by Gasteiger charge is 2.44. The number of halogens is 3. The predicted molar refractivity (Wildman–Crippen MR) is 68.9 cm³/mol. The van der Waals surface area contributed by atoms with Gasteiger partial charge >= 0.3 is 6.18 Å². The van der Waals surface area contributed by atoms with Crippen LogP contribution in [0.4, 0.5) is 13.2 Å². The molecule has 1 heterocycles. The van der Waals surface area contributed by atoms with Crippen molar-refractivity contribution in [3.63, 3.8) is 0 Å². The van der Waals surface area contributed by atoms with Crippen LogP contribution in [-0.4, -0.2) is 17.9 Å². The molecular weight excluding hydrogens is 287 g/mol. The van der Waals surface area contributed by atoms with Crippen LogP contribution < -0.4 is 15.2 Å². The molecule has 2 atom stereocenters. The summed E-state index contributed by atoms with van der Waals surface area (Å²) in [6.07, 6.45) is -4.52. The van der Waals surface area contributed by atoms with Gasteiger partial charge in [-0.25, -0.2) is 0 Å². The lowest BCUT2D eigenvalue weighted by molar-refractivity contribution is -0.178. The van der Waals surface area contributed by atoms with Crippen LogP contribution in [0.5, 0.6) is 11.5 Å². The third-order valence-electron chi connectivity index (χ3n) is 3.36. The number of hydrogen-bond acceptors (Lipinski definition) is 3. The van der Waals surface area contributed by atoms with Crippen molar-refractivity contribution in [3.05, 3.63) is 23.8 Å². The Balaban J connectivity index is 2.38. The van der Waals surface area contributed by atoms with Crippen molar-refractivity contribution in [2.45, 2.75) is 38.7 Å². The first-order valence-electron chi connectivity index (χ1n) is 6.39. The van der Waals surface area contributed by atoms with E-state index in [1.807, 2.05) is 0 Å². The predicted octanol–water partition coefficient (Wildman–Crippen LogP) is 2.96. The van der Waals surface area contributed by atoms with Crippen molar-refractivity contribution < 1.29 is 27.4 Å². The second-order valence-electron chi connectivity index (χ2n) is 5.52. The van der Waals surface area contributed by atoms with Gasteiger partial charge in [-0.05, 0) is 17.7 Å². The number of amides is 1. The Morgan fingerprint density at radius 3 is 2.33 bits per heavy atom. The van der Waals surface area contributed by atoms with Gasteiger partial charge in [-0.3, -0.25) is 4.79 Å². The minimum atomic E-state index is -4.52. The van der Waals surface area contributed by atoms with Crippen LogP contribution in [-0.2, 0) is 4.79 Å². The fraction of sp³-hybridized carbons (Fsp3) is 0.500. The molecule has 0 aromatic heterocycles. The summed E-state index contributed by atoms with van der Waals surface area (Å²) in [5.74, 6) is -4.55. The van der Waals surface area contributed by atoms with Gasteiger partial charge in [-0.2, -0.15) is 13.2 Å². The van der Waals surface area contributed by atoms with Crippen LogP contribution in [0.1, 0.15) is 32.3 Å². The van der Waals surface area contributed by atoms with Gasteiger partial charge in [0, 0.05) is 13.8 Å². The van der Waals surface area contributed by atoms with Gasteiger partial charge in [0.1, 0.15) is 0 Å². The number of primary amides is 1. The van der Waals surface area contributed by atoms with Crippen molar-refractivity contribution in [1.82, 2.24) is 0 Å². The van der Waals surface area contributed by atoms with Crippen molar-refractivity contribution in [2.75, 3.05) is 0 Å². The summed E-state index contributed by atoms with van der Waals surface area (Å²) in [7, 11) is 0. The van der Waals surface area contributed by atoms with Gasteiger partial charge in [0.25, 0.3) is 0 Å². The monoisotopic (exact) mass is 303 g/mol. The van der Waals surface area contributed by atoms with E-state index < -0.39 is 29.7 Å². The molecule has 0 fully saturated rings. The number of rotatable bonds is 3. The van der Waals surface area contributed by atoms with Crippen LogP contribution in [0, 0.1) is 5.92 Å². The number of ether oxygens (including phenoxy) is 2. The Morgan fingerprint density at radius 1 is 1.24 bits per heavy atom. The van der Waals surface area contributed by atoms with Crippen molar-refractivity contribution in [1.29, 1.82) is 0 Å². The molecule has 0 spiro atoms. The summed E-state index contributed by atoms with van der Waals surface area (Å²) in [5.41, 5.74) is 5.31.